The van der Waals surface area contributed by atoms with Gasteiger partial charge in [0.1, 0.15) is 4.99 Å². The number of nitrogens with two attached hydrogens (primary N) is 1. The van der Waals surface area contributed by atoms with E-state index < -0.39 is 15.6 Å². The van der Waals surface area contributed by atoms with Crippen molar-refractivity contribution in [1.82, 2.24) is 4.72 Å². The third-order valence-corrected chi connectivity index (χ3v) is 4.23. The van der Waals surface area contributed by atoms with Crippen molar-refractivity contribution in [3.8, 4) is 0 Å². The first-order chi connectivity index (χ1) is 9.02. The van der Waals surface area contributed by atoms with Crippen molar-refractivity contribution in [2.75, 3.05) is 18.1 Å². The molecule has 0 aliphatic heterocycles. The quantitative estimate of drug-likeness (QED) is 0.656. The summed E-state index contributed by atoms with van der Waals surface area (Å²) in [5.74, 6) is 0. The second-order valence-corrected chi connectivity index (χ2v) is 8.18. The highest BCUT2D eigenvalue weighted by molar-refractivity contribution is 9.10. The lowest BCUT2D eigenvalue weighted by atomic mass is 10.1. The summed E-state index contributed by atoms with van der Waals surface area (Å²) < 4.78 is 26.0. The molecule has 20 heavy (non-hydrogen) atoms. The zero-order valence-corrected chi connectivity index (χ0v) is 14.7. The topological polar surface area (TPSA) is 84.2 Å². The standard InChI is InChI=1S/C12H18BrN3O2S2/c1-12(2,16-20(3,17)18)7-15-9-6-4-5-8(13)10(9)11(14)19/h4-6,15-16H,7H2,1-3H3,(H2,14,19). The Morgan fingerprint density at radius 3 is 2.55 bits per heavy atom. The zero-order chi connectivity index (χ0) is 15.6. The van der Waals surface area contributed by atoms with Gasteiger partial charge >= 0.3 is 0 Å². The molecule has 0 aliphatic rings. The highest BCUT2D eigenvalue weighted by Crippen LogP contribution is 2.25. The summed E-state index contributed by atoms with van der Waals surface area (Å²) in [6, 6.07) is 5.54. The van der Waals surface area contributed by atoms with Gasteiger partial charge in [-0.15, -0.1) is 0 Å². The average molecular weight is 380 g/mol. The Labute approximate surface area is 133 Å². The van der Waals surface area contributed by atoms with Crippen LogP contribution in [0.3, 0.4) is 0 Å². The molecule has 4 N–H and O–H groups in total. The number of sulfonamides is 1. The van der Waals surface area contributed by atoms with Crippen LogP contribution in [0.15, 0.2) is 22.7 Å². The van der Waals surface area contributed by atoms with Crippen LogP contribution in [0.5, 0.6) is 0 Å². The van der Waals surface area contributed by atoms with Crippen molar-refractivity contribution in [2.45, 2.75) is 19.4 Å². The first-order valence-corrected chi connectivity index (χ1v) is 8.92. The monoisotopic (exact) mass is 379 g/mol. The predicted molar refractivity (Wildman–Crippen MR) is 90.6 cm³/mol. The molecular weight excluding hydrogens is 362 g/mol. The molecule has 1 aromatic carbocycles. The summed E-state index contributed by atoms with van der Waals surface area (Å²) in [7, 11) is -3.27. The van der Waals surface area contributed by atoms with Crippen LogP contribution >= 0.6 is 28.1 Å². The smallest absolute Gasteiger partial charge is 0.209 e. The van der Waals surface area contributed by atoms with Gasteiger partial charge in [-0.3, -0.25) is 0 Å². The van der Waals surface area contributed by atoms with Crippen LogP contribution in [-0.4, -0.2) is 31.7 Å². The fraction of sp³-hybridized carbons (Fsp3) is 0.417. The molecule has 0 saturated heterocycles. The highest BCUT2D eigenvalue weighted by Gasteiger charge is 2.22. The SMILES string of the molecule is CC(C)(CNc1cccc(Br)c1C(N)=S)NS(C)(=O)=O. The van der Waals surface area contributed by atoms with Gasteiger partial charge in [-0.25, -0.2) is 13.1 Å². The van der Waals surface area contributed by atoms with E-state index in [0.717, 1.165) is 16.4 Å². The Hall–Kier alpha value is -0.700. The fourth-order valence-corrected chi connectivity index (χ4v) is 3.78. The predicted octanol–water partition coefficient (Wildman–Crippen LogP) is 1.82. The van der Waals surface area contributed by atoms with Gasteiger partial charge < -0.3 is 11.1 Å². The number of halogens is 1. The molecule has 8 heteroatoms. The van der Waals surface area contributed by atoms with E-state index in [-0.39, 0.29) is 4.99 Å². The van der Waals surface area contributed by atoms with Crippen molar-refractivity contribution in [1.29, 1.82) is 0 Å². The van der Waals surface area contributed by atoms with Crippen LogP contribution in [0.4, 0.5) is 5.69 Å². The molecule has 0 amide bonds. The van der Waals surface area contributed by atoms with Crippen molar-refractivity contribution >= 4 is 48.8 Å². The third-order valence-electron chi connectivity index (χ3n) is 2.44. The van der Waals surface area contributed by atoms with Gasteiger partial charge in [0.2, 0.25) is 10.0 Å². The van der Waals surface area contributed by atoms with E-state index in [9.17, 15) is 8.42 Å². The van der Waals surface area contributed by atoms with Gasteiger partial charge in [-0.2, -0.15) is 0 Å². The highest BCUT2D eigenvalue weighted by atomic mass is 79.9. The molecule has 1 rings (SSSR count). The minimum Gasteiger partial charge on any atom is -0.389 e. The minimum absolute atomic E-state index is 0.272. The molecule has 0 aliphatic carbocycles. The van der Waals surface area contributed by atoms with E-state index in [0.29, 0.717) is 12.1 Å². The Bertz CT molecular complexity index is 615. The van der Waals surface area contributed by atoms with Gasteiger partial charge in [0.25, 0.3) is 0 Å². The van der Waals surface area contributed by atoms with Gasteiger partial charge in [0, 0.05) is 27.8 Å². The second kappa shape index (κ2) is 6.38. The van der Waals surface area contributed by atoms with Crippen LogP contribution in [0.1, 0.15) is 19.4 Å². The van der Waals surface area contributed by atoms with Crippen molar-refractivity contribution in [3.05, 3.63) is 28.2 Å². The van der Waals surface area contributed by atoms with E-state index in [1.54, 1.807) is 13.8 Å². The number of nitrogens with one attached hydrogen (secondary N) is 2. The van der Waals surface area contributed by atoms with E-state index in [1.165, 1.54) is 0 Å². The number of rotatable bonds is 6. The van der Waals surface area contributed by atoms with Gasteiger partial charge in [-0.05, 0) is 41.9 Å². The summed E-state index contributed by atoms with van der Waals surface area (Å²) in [5.41, 5.74) is 6.54. The molecule has 0 saturated carbocycles. The summed E-state index contributed by atoms with van der Waals surface area (Å²) in [6.07, 6.45) is 1.13. The van der Waals surface area contributed by atoms with Crippen LogP contribution in [0, 0.1) is 0 Å². The van der Waals surface area contributed by atoms with E-state index >= 15 is 0 Å². The first-order valence-electron chi connectivity index (χ1n) is 5.83. The zero-order valence-electron chi connectivity index (χ0n) is 11.5. The molecule has 0 atom stereocenters. The van der Waals surface area contributed by atoms with E-state index in [2.05, 4.69) is 26.0 Å². The van der Waals surface area contributed by atoms with Gasteiger partial charge in [0.05, 0.1) is 6.26 Å². The molecule has 0 fully saturated rings. The molecule has 0 aromatic heterocycles. The number of thiocarbonyl (C=S) groups is 1. The average Bonchev–Trinajstić information content (AvgIpc) is 2.22. The van der Waals surface area contributed by atoms with Crippen LogP contribution in [0.25, 0.3) is 0 Å². The molecule has 5 nitrogen and oxygen atoms in total. The number of benzene rings is 1. The van der Waals surface area contributed by atoms with Crippen molar-refractivity contribution in [2.24, 2.45) is 5.73 Å². The lowest BCUT2D eigenvalue weighted by Gasteiger charge is -2.26. The molecule has 0 bridgehead atoms. The Morgan fingerprint density at radius 2 is 2.05 bits per heavy atom. The fourth-order valence-electron chi connectivity index (χ4n) is 1.78. The van der Waals surface area contributed by atoms with Crippen molar-refractivity contribution < 1.29 is 8.42 Å². The maximum Gasteiger partial charge on any atom is 0.209 e. The number of hydrogen-bond donors (Lipinski definition) is 3. The molecule has 1 aromatic rings. The summed E-state index contributed by atoms with van der Waals surface area (Å²) in [5, 5.41) is 3.17. The second-order valence-electron chi connectivity index (χ2n) is 5.14. The lowest BCUT2D eigenvalue weighted by Crippen LogP contribution is -2.47. The summed E-state index contributed by atoms with van der Waals surface area (Å²) >= 11 is 8.43. The molecule has 0 radical (unpaired) electrons. The van der Waals surface area contributed by atoms with E-state index in [1.807, 2.05) is 18.2 Å². The van der Waals surface area contributed by atoms with Gasteiger partial charge in [-0.1, -0.05) is 18.3 Å². The number of hydrogen-bond acceptors (Lipinski definition) is 4. The molecule has 0 unspecified atom stereocenters. The largest absolute Gasteiger partial charge is 0.389 e. The Morgan fingerprint density at radius 1 is 1.45 bits per heavy atom. The maximum atomic E-state index is 11.3. The first kappa shape index (κ1) is 17.4. The Kier molecular flexibility index (Phi) is 5.54. The molecular formula is C12H18BrN3O2S2. The van der Waals surface area contributed by atoms with E-state index in [4.69, 9.17) is 18.0 Å². The third kappa shape index (κ3) is 5.35. The molecule has 0 heterocycles. The summed E-state index contributed by atoms with van der Waals surface area (Å²) in [4.78, 5) is 0.272. The normalized spacial score (nSPS) is 12.2. The van der Waals surface area contributed by atoms with Crippen molar-refractivity contribution in [3.63, 3.8) is 0 Å². The maximum absolute atomic E-state index is 11.3. The number of anilines is 1. The lowest BCUT2D eigenvalue weighted by molar-refractivity contribution is 0.476. The van der Waals surface area contributed by atoms with Crippen LogP contribution < -0.4 is 15.8 Å². The molecule has 112 valence electrons. The van der Waals surface area contributed by atoms with Gasteiger partial charge in [0.15, 0.2) is 0 Å². The summed E-state index contributed by atoms with van der Waals surface area (Å²) in [6.45, 7) is 3.98. The van der Waals surface area contributed by atoms with Crippen LogP contribution in [-0.2, 0) is 10.0 Å². The minimum atomic E-state index is -3.27. The molecule has 0 spiro atoms. The van der Waals surface area contributed by atoms with Crippen LogP contribution in [0.2, 0.25) is 0 Å². The Balaban J connectivity index is 2.91.